The van der Waals surface area contributed by atoms with Gasteiger partial charge in [-0.25, -0.2) is 0 Å². The largest absolute Gasteiger partial charge is 0.0651 e. The fourth-order valence-electron chi connectivity index (χ4n) is 1.63. The van der Waals surface area contributed by atoms with Gasteiger partial charge in [0, 0.05) is 0 Å². The molecule has 1 aromatic rings. The SMILES string of the molecule is [CH2]c1ccc(CCC)cc1CCC. The summed E-state index contributed by atoms with van der Waals surface area (Å²) in [5.74, 6) is 0. The molecule has 0 amide bonds. The molecule has 0 bridgehead atoms. The summed E-state index contributed by atoms with van der Waals surface area (Å²) in [7, 11) is 0. The lowest BCUT2D eigenvalue weighted by atomic mass is 9.99. The molecule has 0 nitrogen and oxygen atoms in total. The first-order valence-electron chi connectivity index (χ1n) is 5.21. The van der Waals surface area contributed by atoms with E-state index in [0.717, 1.165) is 6.42 Å². The minimum absolute atomic E-state index is 1.16. The van der Waals surface area contributed by atoms with Crippen molar-refractivity contribution in [3.05, 3.63) is 41.8 Å². The van der Waals surface area contributed by atoms with E-state index >= 15 is 0 Å². The first-order chi connectivity index (χ1) is 6.27. The zero-order valence-electron chi connectivity index (χ0n) is 8.77. The van der Waals surface area contributed by atoms with E-state index in [2.05, 4.69) is 39.0 Å². The van der Waals surface area contributed by atoms with Crippen molar-refractivity contribution < 1.29 is 0 Å². The molecular weight excluding hydrogens is 156 g/mol. The highest BCUT2D eigenvalue weighted by atomic mass is 14.0. The van der Waals surface area contributed by atoms with Crippen molar-refractivity contribution in [1.29, 1.82) is 0 Å². The fraction of sp³-hybridized carbons (Fsp3) is 0.462. The summed E-state index contributed by atoms with van der Waals surface area (Å²) < 4.78 is 0. The first kappa shape index (κ1) is 10.3. The molecule has 0 saturated carbocycles. The van der Waals surface area contributed by atoms with E-state index in [4.69, 9.17) is 0 Å². The molecule has 0 aliphatic rings. The average Bonchev–Trinajstić information content (AvgIpc) is 2.12. The number of benzene rings is 1. The zero-order chi connectivity index (χ0) is 9.68. The molecule has 0 aromatic heterocycles. The Kier molecular flexibility index (Phi) is 4.01. The van der Waals surface area contributed by atoms with Gasteiger partial charge in [0.1, 0.15) is 0 Å². The highest BCUT2D eigenvalue weighted by Gasteiger charge is 1.98. The van der Waals surface area contributed by atoms with Gasteiger partial charge in [-0.05, 0) is 36.5 Å². The third kappa shape index (κ3) is 2.87. The predicted octanol–water partition coefficient (Wildman–Crippen LogP) is 3.77. The van der Waals surface area contributed by atoms with Crippen molar-refractivity contribution >= 4 is 0 Å². The summed E-state index contributed by atoms with van der Waals surface area (Å²) in [5, 5.41) is 0. The maximum Gasteiger partial charge on any atom is -0.0235 e. The van der Waals surface area contributed by atoms with Crippen LogP contribution in [0.4, 0.5) is 0 Å². The maximum atomic E-state index is 4.04. The fourth-order valence-corrected chi connectivity index (χ4v) is 1.63. The molecule has 1 rings (SSSR count). The highest BCUT2D eigenvalue weighted by molar-refractivity contribution is 5.34. The van der Waals surface area contributed by atoms with Crippen LogP contribution in [0.1, 0.15) is 43.4 Å². The number of hydrogen-bond acceptors (Lipinski definition) is 0. The van der Waals surface area contributed by atoms with Crippen LogP contribution in [0.15, 0.2) is 18.2 Å². The van der Waals surface area contributed by atoms with Gasteiger partial charge >= 0.3 is 0 Å². The normalized spacial score (nSPS) is 10.4. The summed E-state index contributed by atoms with van der Waals surface area (Å²) in [4.78, 5) is 0. The van der Waals surface area contributed by atoms with E-state index in [1.807, 2.05) is 0 Å². The van der Waals surface area contributed by atoms with Gasteiger partial charge in [-0.2, -0.15) is 0 Å². The molecule has 0 aliphatic heterocycles. The Morgan fingerprint density at radius 3 is 2.38 bits per heavy atom. The second kappa shape index (κ2) is 5.06. The topological polar surface area (TPSA) is 0 Å². The van der Waals surface area contributed by atoms with Crippen LogP contribution in [-0.2, 0) is 12.8 Å². The van der Waals surface area contributed by atoms with E-state index in [-0.39, 0.29) is 0 Å². The molecule has 0 spiro atoms. The molecule has 0 fully saturated rings. The van der Waals surface area contributed by atoms with E-state index in [9.17, 15) is 0 Å². The van der Waals surface area contributed by atoms with Crippen molar-refractivity contribution in [3.8, 4) is 0 Å². The zero-order valence-corrected chi connectivity index (χ0v) is 8.77. The molecule has 0 unspecified atom stereocenters. The van der Waals surface area contributed by atoms with Crippen LogP contribution in [0.25, 0.3) is 0 Å². The third-order valence-corrected chi connectivity index (χ3v) is 2.33. The predicted molar refractivity (Wildman–Crippen MR) is 58.9 cm³/mol. The molecule has 0 heteroatoms. The van der Waals surface area contributed by atoms with Gasteiger partial charge in [-0.15, -0.1) is 0 Å². The van der Waals surface area contributed by atoms with Crippen molar-refractivity contribution in [1.82, 2.24) is 0 Å². The van der Waals surface area contributed by atoms with E-state index < -0.39 is 0 Å². The molecule has 1 radical (unpaired) electrons. The summed E-state index contributed by atoms with van der Waals surface area (Å²) in [6, 6.07) is 6.66. The molecular formula is C13H19. The molecule has 0 aliphatic carbocycles. The lowest BCUT2D eigenvalue weighted by molar-refractivity contribution is 0.892. The lowest BCUT2D eigenvalue weighted by Crippen LogP contribution is -1.92. The van der Waals surface area contributed by atoms with Gasteiger partial charge in [0.15, 0.2) is 0 Å². The number of aryl methyl sites for hydroxylation is 2. The molecule has 0 N–H and O–H groups in total. The smallest absolute Gasteiger partial charge is 0.0235 e. The number of hydrogen-bond donors (Lipinski definition) is 0. The quantitative estimate of drug-likeness (QED) is 0.653. The minimum Gasteiger partial charge on any atom is -0.0651 e. The van der Waals surface area contributed by atoms with Crippen LogP contribution >= 0.6 is 0 Å². The molecule has 71 valence electrons. The number of rotatable bonds is 4. The van der Waals surface area contributed by atoms with Gasteiger partial charge in [0.25, 0.3) is 0 Å². The third-order valence-electron chi connectivity index (χ3n) is 2.33. The van der Waals surface area contributed by atoms with Crippen molar-refractivity contribution in [3.63, 3.8) is 0 Å². The maximum absolute atomic E-state index is 4.04. The first-order valence-corrected chi connectivity index (χ1v) is 5.21. The van der Waals surface area contributed by atoms with Crippen LogP contribution < -0.4 is 0 Å². The highest BCUT2D eigenvalue weighted by Crippen LogP contribution is 2.14. The Labute approximate surface area is 82.0 Å². The van der Waals surface area contributed by atoms with Gasteiger partial charge in [-0.3, -0.25) is 0 Å². The Hall–Kier alpha value is -0.780. The van der Waals surface area contributed by atoms with E-state index in [1.165, 1.54) is 36.0 Å². The molecule has 0 saturated heterocycles. The van der Waals surface area contributed by atoms with Crippen LogP contribution in [0.2, 0.25) is 0 Å². The Balaban J connectivity index is 2.83. The second-order valence-electron chi connectivity index (χ2n) is 3.60. The van der Waals surface area contributed by atoms with Crippen molar-refractivity contribution in [2.45, 2.75) is 39.5 Å². The van der Waals surface area contributed by atoms with Crippen LogP contribution in [0.3, 0.4) is 0 Å². The summed E-state index contributed by atoms with van der Waals surface area (Å²) in [6.45, 7) is 8.47. The van der Waals surface area contributed by atoms with Gasteiger partial charge in [0.05, 0.1) is 0 Å². The second-order valence-corrected chi connectivity index (χ2v) is 3.60. The Morgan fingerprint density at radius 1 is 1.08 bits per heavy atom. The summed E-state index contributed by atoms with van der Waals surface area (Å²) >= 11 is 0. The lowest BCUT2D eigenvalue weighted by Gasteiger charge is -2.06. The molecule has 0 heterocycles. The van der Waals surface area contributed by atoms with Gasteiger partial charge in [0.2, 0.25) is 0 Å². The monoisotopic (exact) mass is 175 g/mol. The van der Waals surface area contributed by atoms with E-state index in [0.29, 0.717) is 0 Å². The van der Waals surface area contributed by atoms with Crippen LogP contribution in [-0.4, -0.2) is 0 Å². The standard InChI is InChI=1S/C13H19/c1-4-6-12-9-8-11(3)13(10-12)7-5-2/h8-10H,3-7H2,1-2H3. The average molecular weight is 175 g/mol. The molecule has 13 heavy (non-hydrogen) atoms. The van der Waals surface area contributed by atoms with Crippen molar-refractivity contribution in [2.24, 2.45) is 0 Å². The van der Waals surface area contributed by atoms with Crippen molar-refractivity contribution in [2.75, 3.05) is 0 Å². The van der Waals surface area contributed by atoms with E-state index in [1.54, 1.807) is 0 Å². The van der Waals surface area contributed by atoms with Gasteiger partial charge in [-0.1, -0.05) is 44.9 Å². The van der Waals surface area contributed by atoms with Crippen LogP contribution in [0.5, 0.6) is 0 Å². The Bertz CT molecular complexity index is 261. The van der Waals surface area contributed by atoms with Crippen LogP contribution in [0, 0.1) is 6.92 Å². The summed E-state index contributed by atoms with van der Waals surface area (Å²) in [5.41, 5.74) is 4.08. The summed E-state index contributed by atoms with van der Waals surface area (Å²) in [6.07, 6.45) is 4.79. The van der Waals surface area contributed by atoms with Gasteiger partial charge < -0.3 is 0 Å². The minimum atomic E-state index is 1.16. The molecule has 0 atom stereocenters. The molecule has 1 aromatic carbocycles. The Morgan fingerprint density at radius 2 is 1.77 bits per heavy atom.